The number of carbonyl (C=O) groups excluding carboxylic acids is 1. The number of carbonyl (C=O) groups is 1. The Morgan fingerprint density at radius 2 is 2.47 bits per heavy atom. The predicted octanol–water partition coefficient (Wildman–Crippen LogP) is 1.12. The molecule has 1 heterocycles. The summed E-state index contributed by atoms with van der Waals surface area (Å²) in [6, 6.07) is 1.75. The Morgan fingerprint density at radius 3 is 2.93 bits per heavy atom. The lowest BCUT2D eigenvalue weighted by Crippen LogP contribution is -2.41. The van der Waals surface area contributed by atoms with E-state index in [0.717, 1.165) is 19.3 Å². The molecule has 1 aromatic rings. The van der Waals surface area contributed by atoms with E-state index in [1.165, 1.54) is 0 Å². The summed E-state index contributed by atoms with van der Waals surface area (Å²) in [5, 5.41) is 4.02. The molecule has 82 valence electrons. The zero-order valence-corrected chi connectivity index (χ0v) is 9.23. The van der Waals surface area contributed by atoms with Crippen LogP contribution in [0.2, 0.25) is 0 Å². The van der Waals surface area contributed by atoms with Gasteiger partial charge in [0.15, 0.2) is 5.78 Å². The summed E-state index contributed by atoms with van der Waals surface area (Å²) in [5.41, 5.74) is 6.29. The van der Waals surface area contributed by atoms with E-state index in [9.17, 15) is 4.79 Å². The Kier molecular flexibility index (Phi) is 2.38. The minimum atomic E-state index is -0.395. The van der Waals surface area contributed by atoms with Crippen molar-refractivity contribution < 1.29 is 4.79 Å². The van der Waals surface area contributed by atoms with Gasteiger partial charge in [-0.1, -0.05) is 13.3 Å². The van der Waals surface area contributed by atoms with Crippen molar-refractivity contribution >= 4 is 5.78 Å². The summed E-state index contributed by atoms with van der Waals surface area (Å²) in [5.74, 6) is 0.132. The van der Waals surface area contributed by atoms with E-state index in [-0.39, 0.29) is 11.8 Å². The maximum atomic E-state index is 12.3. The molecule has 1 aromatic heterocycles. The van der Waals surface area contributed by atoms with E-state index >= 15 is 0 Å². The monoisotopic (exact) mass is 207 g/mol. The average Bonchev–Trinajstić information content (AvgIpc) is 2.75. The number of aromatic nitrogens is 2. The Morgan fingerprint density at radius 1 is 1.73 bits per heavy atom. The predicted molar refractivity (Wildman–Crippen MR) is 57.5 cm³/mol. The van der Waals surface area contributed by atoms with Gasteiger partial charge in [-0.05, 0) is 18.9 Å². The minimum Gasteiger partial charge on any atom is -0.327 e. The third-order valence-electron chi connectivity index (χ3n) is 3.60. The molecule has 2 unspecified atom stereocenters. The van der Waals surface area contributed by atoms with Gasteiger partial charge >= 0.3 is 0 Å². The summed E-state index contributed by atoms with van der Waals surface area (Å²) < 4.78 is 1.62. The average molecular weight is 207 g/mol. The second kappa shape index (κ2) is 3.45. The number of rotatable bonds is 2. The Balaban J connectivity index is 2.32. The van der Waals surface area contributed by atoms with Crippen LogP contribution in [0.15, 0.2) is 12.3 Å². The molecule has 0 radical (unpaired) electrons. The molecule has 4 nitrogen and oxygen atoms in total. The number of hydrogen-bond donors (Lipinski definition) is 1. The van der Waals surface area contributed by atoms with Crippen LogP contribution in [-0.4, -0.2) is 21.6 Å². The second-order valence-corrected chi connectivity index (χ2v) is 4.59. The van der Waals surface area contributed by atoms with Crippen molar-refractivity contribution in [1.82, 2.24) is 9.78 Å². The highest BCUT2D eigenvalue weighted by molar-refractivity contribution is 5.99. The van der Waals surface area contributed by atoms with Crippen LogP contribution in [0.25, 0.3) is 0 Å². The van der Waals surface area contributed by atoms with Crippen molar-refractivity contribution in [1.29, 1.82) is 0 Å². The first-order valence-electron chi connectivity index (χ1n) is 5.34. The fourth-order valence-electron chi connectivity index (χ4n) is 2.36. The summed E-state index contributed by atoms with van der Waals surface area (Å²) in [4.78, 5) is 12.3. The SMILES string of the molecule is Cn1nccc1C(=O)C1(C)CCCC1N. The van der Waals surface area contributed by atoms with Gasteiger partial charge in [0, 0.05) is 24.7 Å². The summed E-state index contributed by atoms with van der Waals surface area (Å²) in [7, 11) is 1.79. The fraction of sp³-hybridized carbons (Fsp3) is 0.636. The van der Waals surface area contributed by atoms with Crippen LogP contribution in [0.3, 0.4) is 0 Å². The summed E-state index contributed by atoms with van der Waals surface area (Å²) in [6.07, 6.45) is 4.52. The highest BCUT2D eigenvalue weighted by atomic mass is 16.1. The van der Waals surface area contributed by atoms with Crippen molar-refractivity contribution in [3.63, 3.8) is 0 Å². The highest BCUT2D eigenvalue weighted by Crippen LogP contribution is 2.39. The van der Waals surface area contributed by atoms with E-state index in [1.54, 1.807) is 24.0 Å². The van der Waals surface area contributed by atoms with Gasteiger partial charge in [-0.15, -0.1) is 0 Å². The van der Waals surface area contributed by atoms with Crippen LogP contribution in [0.5, 0.6) is 0 Å². The van der Waals surface area contributed by atoms with Crippen LogP contribution >= 0.6 is 0 Å². The van der Waals surface area contributed by atoms with Crippen LogP contribution in [0, 0.1) is 5.41 Å². The molecule has 4 heteroatoms. The third kappa shape index (κ3) is 1.49. The van der Waals surface area contributed by atoms with Gasteiger partial charge in [0.1, 0.15) is 5.69 Å². The standard InChI is InChI=1S/C11H17N3O/c1-11(6-3-4-9(11)12)10(15)8-5-7-13-14(8)2/h5,7,9H,3-4,6,12H2,1-2H3. The van der Waals surface area contributed by atoms with Gasteiger partial charge in [0.05, 0.1) is 0 Å². The normalized spacial score (nSPS) is 30.7. The van der Waals surface area contributed by atoms with Crippen LogP contribution in [0.1, 0.15) is 36.7 Å². The van der Waals surface area contributed by atoms with Gasteiger partial charge in [-0.25, -0.2) is 0 Å². The molecule has 0 aromatic carbocycles. The third-order valence-corrected chi connectivity index (χ3v) is 3.60. The molecule has 1 saturated carbocycles. The van der Waals surface area contributed by atoms with E-state index in [0.29, 0.717) is 5.69 Å². The van der Waals surface area contributed by atoms with Crippen LogP contribution < -0.4 is 5.73 Å². The topological polar surface area (TPSA) is 60.9 Å². The number of aryl methyl sites for hydroxylation is 1. The molecule has 2 N–H and O–H groups in total. The Labute approximate surface area is 89.5 Å². The molecule has 0 bridgehead atoms. The number of nitrogens with two attached hydrogens (primary N) is 1. The number of hydrogen-bond acceptors (Lipinski definition) is 3. The fourth-order valence-corrected chi connectivity index (χ4v) is 2.36. The number of nitrogens with zero attached hydrogens (tertiary/aromatic N) is 2. The molecule has 0 spiro atoms. The molecule has 2 atom stereocenters. The maximum absolute atomic E-state index is 12.3. The van der Waals surface area contributed by atoms with Gasteiger partial charge in [-0.2, -0.15) is 5.10 Å². The lowest BCUT2D eigenvalue weighted by atomic mass is 9.79. The highest BCUT2D eigenvalue weighted by Gasteiger charge is 2.43. The second-order valence-electron chi connectivity index (χ2n) is 4.59. The molecule has 1 fully saturated rings. The Bertz CT molecular complexity index is 385. The molecular formula is C11H17N3O. The maximum Gasteiger partial charge on any atom is 0.188 e. The van der Waals surface area contributed by atoms with E-state index < -0.39 is 5.41 Å². The van der Waals surface area contributed by atoms with Crippen LogP contribution in [-0.2, 0) is 7.05 Å². The van der Waals surface area contributed by atoms with Crippen molar-refractivity contribution in [2.75, 3.05) is 0 Å². The van der Waals surface area contributed by atoms with Gasteiger partial charge < -0.3 is 5.73 Å². The zero-order chi connectivity index (χ0) is 11.1. The molecule has 0 amide bonds. The zero-order valence-electron chi connectivity index (χ0n) is 9.23. The molecule has 1 aliphatic carbocycles. The first-order valence-corrected chi connectivity index (χ1v) is 5.34. The van der Waals surface area contributed by atoms with Gasteiger partial charge in [0.2, 0.25) is 0 Å². The van der Waals surface area contributed by atoms with E-state index in [2.05, 4.69) is 5.10 Å². The summed E-state index contributed by atoms with van der Waals surface area (Å²) in [6.45, 7) is 1.97. The van der Waals surface area contributed by atoms with Crippen molar-refractivity contribution in [2.45, 2.75) is 32.2 Å². The lowest BCUT2D eigenvalue weighted by Gasteiger charge is -2.27. The molecule has 15 heavy (non-hydrogen) atoms. The molecule has 2 rings (SSSR count). The van der Waals surface area contributed by atoms with Crippen LogP contribution in [0.4, 0.5) is 0 Å². The first-order chi connectivity index (χ1) is 7.05. The van der Waals surface area contributed by atoms with Crippen molar-refractivity contribution in [3.05, 3.63) is 18.0 Å². The lowest BCUT2D eigenvalue weighted by molar-refractivity contribution is 0.0792. The molecule has 1 aliphatic rings. The van der Waals surface area contributed by atoms with Crippen molar-refractivity contribution in [2.24, 2.45) is 18.2 Å². The van der Waals surface area contributed by atoms with Gasteiger partial charge in [-0.3, -0.25) is 9.48 Å². The Hall–Kier alpha value is -1.16. The smallest absolute Gasteiger partial charge is 0.188 e. The summed E-state index contributed by atoms with van der Waals surface area (Å²) >= 11 is 0. The van der Waals surface area contributed by atoms with E-state index in [4.69, 9.17) is 5.73 Å². The number of ketones is 1. The molecule has 0 saturated heterocycles. The first kappa shape index (κ1) is 10.4. The molecular weight excluding hydrogens is 190 g/mol. The van der Waals surface area contributed by atoms with E-state index in [1.807, 2.05) is 6.92 Å². The minimum absolute atomic E-state index is 0.0140. The van der Waals surface area contributed by atoms with Crippen molar-refractivity contribution in [3.8, 4) is 0 Å². The molecule has 0 aliphatic heterocycles. The largest absolute Gasteiger partial charge is 0.327 e. The van der Waals surface area contributed by atoms with Gasteiger partial charge in [0.25, 0.3) is 0 Å². The quantitative estimate of drug-likeness (QED) is 0.739. The number of Topliss-reactive ketones (excluding diaryl/α,β-unsaturated/α-hetero) is 1.